The number of benzene rings is 2. The van der Waals surface area contributed by atoms with E-state index in [9.17, 15) is 14.9 Å². The lowest BCUT2D eigenvalue weighted by Gasteiger charge is -2.35. The highest BCUT2D eigenvalue weighted by atomic mass is 35.5. The maximum Gasteiger partial charge on any atom is 0.294 e. The van der Waals surface area contributed by atoms with Crippen LogP contribution in [0, 0.1) is 10.1 Å². The Morgan fingerprint density at radius 1 is 1.15 bits per heavy atom. The van der Waals surface area contributed by atoms with Crippen molar-refractivity contribution in [1.82, 2.24) is 4.90 Å². The van der Waals surface area contributed by atoms with Gasteiger partial charge in [-0.15, -0.1) is 0 Å². The Labute approximate surface area is 162 Å². The van der Waals surface area contributed by atoms with Crippen LogP contribution in [0.2, 0.25) is 5.02 Å². The molecule has 0 aromatic heterocycles. The Bertz CT molecular complexity index is 833. The van der Waals surface area contributed by atoms with Crippen LogP contribution < -0.4 is 9.64 Å². The molecule has 7 nitrogen and oxygen atoms in total. The predicted molar refractivity (Wildman–Crippen MR) is 104 cm³/mol. The minimum atomic E-state index is -0.432. The fourth-order valence-electron chi connectivity index (χ4n) is 3.10. The first kappa shape index (κ1) is 19.0. The number of ether oxygens (including phenoxy) is 1. The number of anilines is 1. The van der Waals surface area contributed by atoms with Crippen molar-refractivity contribution in [3.63, 3.8) is 0 Å². The molecule has 1 amide bonds. The summed E-state index contributed by atoms with van der Waals surface area (Å²) in [5, 5.41) is 11.6. The summed E-state index contributed by atoms with van der Waals surface area (Å²) in [6, 6.07) is 11.7. The summed E-state index contributed by atoms with van der Waals surface area (Å²) < 4.78 is 5.39. The Kier molecular flexibility index (Phi) is 5.81. The third-order valence-corrected chi connectivity index (χ3v) is 4.69. The largest absolute Gasteiger partial charge is 0.494 e. The molecule has 2 aromatic carbocycles. The second kappa shape index (κ2) is 8.26. The smallest absolute Gasteiger partial charge is 0.294 e. The van der Waals surface area contributed by atoms with Crippen LogP contribution in [-0.4, -0.2) is 48.5 Å². The standard InChI is InChI=1S/C19H20ClN3O4/c1-2-27-16-6-3-14(4-7-16)19(24)22-11-9-21(10-12-22)17-8-5-15(20)13-18(17)23(25)26/h3-8,13H,2,9-12H2,1H3. The molecule has 8 heteroatoms. The third kappa shape index (κ3) is 4.31. The number of piperazine rings is 1. The minimum absolute atomic E-state index is 0.0196. The maximum atomic E-state index is 12.7. The molecule has 1 heterocycles. The zero-order chi connectivity index (χ0) is 19.4. The number of amides is 1. The number of rotatable bonds is 5. The molecule has 142 valence electrons. The van der Waals surface area contributed by atoms with Crippen molar-refractivity contribution in [3.05, 3.63) is 63.2 Å². The van der Waals surface area contributed by atoms with E-state index >= 15 is 0 Å². The van der Waals surface area contributed by atoms with Gasteiger partial charge in [0.1, 0.15) is 11.4 Å². The fraction of sp³-hybridized carbons (Fsp3) is 0.316. The topological polar surface area (TPSA) is 75.9 Å². The Hall–Kier alpha value is -2.80. The molecule has 2 aromatic rings. The summed E-state index contributed by atoms with van der Waals surface area (Å²) >= 11 is 5.88. The second-order valence-electron chi connectivity index (χ2n) is 6.13. The van der Waals surface area contributed by atoms with Gasteiger partial charge in [-0.3, -0.25) is 14.9 Å². The lowest BCUT2D eigenvalue weighted by molar-refractivity contribution is -0.384. The van der Waals surface area contributed by atoms with E-state index in [4.69, 9.17) is 16.3 Å². The van der Waals surface area contributed by atoms with E-state index in [0.29, 0.717) is 49.1 Å². The monoisotopic (exact) mass is 389 g/mol. The molecular weight excluding hydrogens is 370 g/mol. The van der Waals surface area contributed by atoms with Crippen molar-refractivity contribution in [2.24, 2.45) is 0 Å². The molecule has 1 saturated heterocycles. The summed E-state index contributed by atoms with van der Waals surface area (Å²) in [6.07, 6.45) is 0. The summed E-state index contributed by atoms with van der Waals surface area (Å²) in [7, 11) is 0. The first-order valence-electron chi connectivity index (χ1n) is 8.70. The van der Waals surface area contributed by atoms with Crippen LogP contribution in [0.5, 0.6) is 5.75 Å². The molecule has 0 spiro atoms. The van der Waals surface area contributed by atoms with E-state index in [1.54, 1.807) is 41.3 Å². The van der Waals surface area contributed by atoms with Crippen LogP contribution in [0.1, 0.15) is 17.3 Å². The Morgan fingerprint density at radius 3 is 2.41 bits per heavy atom. The van der Waals surface area contributed by atoms with E-state index < -0.39 is 4.92 Å². The van der Waals surface area contributed by atoms with Crippen molar-refractivity contribution in [3.8, 4) is 5.75 Å². The van der Waals surface area contributed by atoms with Crippen molar-refractivity contribution in [2.45, 2.75) is 6.92 Å². The van der Waals surface area contributed by atoms with Gasteiger partial charge in [-0.2, -0.15) is 0 Å². The molecule has 3 rings (SSSR count). The first-order valence-corrected chi connectivity index (χ1v) is 9.08. The molecule has 1 aliphatic heterocycles. The van der Waals surface area contributed by atoms with Gasteiger partial charge in [0.05, 0.1) is 11.5 Å². The lowest BCUT2D eigenvalue weighted by atomic mass is 10.1. The van der Waals surface area contributed by atoms with Gasteiger partial charge in [-0.25, -0.2) is 0 Å². The predicted octanol–water partition coefficient (Wildman–Crippen LogP) is 3.61. The molecule has 0 saturated carbocycles. The van der Waals surface area contributed by atoms with Crippen molar-refractivity contribution >= 4 is 28.9 Å². The molecule has 27 heavy (non-hydrogen) atoms. The quantitative estimate of drug-likeness (QED) is 0.576. The second-order valence-corrected chi connectivity index (χ2v) is 6.56. The van der Waals surface area contributed by atoms with E-state index in [2.05, 4.69) is 0 Å². The molecule has 0 bridgehead atoms. The number of nitrogens with zero attached hydrogens (tertiary/aromatic N) is 3. The minimum Gasteiger partial charge on any atom is -0.494 e. The Morgan fingerprint density at radius 2 is 1.81 bits per heavy atom. The van der Waals surface area contributed by atoms with Gasteiger partial charge in [0.25, 0.3) is 11.6 Å². The van der Waals surface area contributed by atoms with E-state index in [1.165, 1.54) is 6.07 Å². The first-order chi connectivity index (χ1) is 13.0. The lowest BCUT2D eigenvalue weighted by Crippen LogP contribution is -2.48. The summed E-state index contributed by atoms with van der Waals surface area (Å²) in [6.45, 7) is 4.50. The van der Waals surface area contributed by atoms with Crippen LogP contribution in [0.15, 0.2) is 42.5 Å². The molecule has 0 aliphatic carbocycles. The normalized spacial score (nSPS) is 14.1. The fourth-order valence-corrected chi connectivity index (χ4v) is 3.27. The van der Waals surface area contributed by atoms with E-state index in [1.807, 2.05) is 11.8 Å². The van der Waals surface area contributed by atoms with Crippen molar-refractivity contribution < 1.29 is 14.5 Å². The molecule has 0 N–H and O–H groups in total. The van der Waals surface area contributed by atoms with Crippen LogP contribution >= 0.6 is 11.6 Å². The SMILES string of the molecule is CCOc1ccc(C(=O)N2CCN(c3ccc(Cl)cc3[N+](=O)[O-])CC2)cc1. The van der Waals surface area contributed by atoms with Gasteiger partial charge in [0.15, 0.2) is 0 Å². The summed E-state index contributed by atoms with van der Waals surface area (Å²) in [5.41, 5.74) is 1.11. The van der Waals surface area contributed by atoms with Crippen LogP contribution in [0.4, 0.5) is 11.4 Å². The van der Waals surface area contributed by atoms with Crippen LogP contribution in [0.25, 0.3) is 0 Å². The van der Waals surface area contributed by atoms with E-state index in [-0.39, 0.29) is 11.6 Å². The van der Waals surface area contributed by atoms with Crippen molar-refractivity contribution in [2.75, 3.05) is 37.7 Å². The van der Waals surface area contributed by atoms with Crippen LogP contribution in [-0.2, 0) is 0 Å². The van der Waals surface area contributed by atoms with Gasteiger partial charge >= 0.3 is 0 Å². The summed E-state index contributed by atoms with van der Waals surface area (Å²) in [5.74, 6) is 0.678. The van der Waals surface area contributed by atoms with Crippen LogP contribution in [0.3, 0.4) is 0 Å². The number of carbonyl (C=O) groups excluding carboxylic acids is 1. The molecule has 0 radical (unpaired) electrons. The van der Waals surface area contributed by atoms with Crippen molar-refractivity contribution in [1.29, 1.82) is 0 Å². The highest BCUT2D eigenvalue weighted by Crippen LogP contribution is 2.31. The highest BCUT2D eigenvalue weighted by Gasteiger charge is 2.26. The Balaban J connectivity index is 1.67. The molecule has 0 unspecified atom stereocenters. The molecular formula is C19H20ClN3O4. The van der Waals surface area contributed by atoms with Gasteiger partial charge in [0.2, 0.25) is 0 Å². The highest BCUT2D eigenvalue weighted by molar-refractivity contribution is 6.30. The zero-order valence-electron chi connectivity index (χ0n) is 14.9. The number of hydrogen-bond donors (Lipinski definition) is 0. The molecule has 1 fully saturated rings. The number of nitro groups is 1. The molecule has 0 atom stereocenters. The number of nitro benzene ring substituents is 1. The zero-order valence-corrected chi connectivity index (χ0v) is 15.7. The number of carbonyl (C=O) groups is 1. The van der Waals surface area contributed by atoms with E-state index in [0.717, 1.165) is 5.75 Å². The molecule has 1 aliphatic rings. The summed E-state index contributed by atoms with van der Waals surface area (Å²) in [4.78, 5) is 27.2. The number of hydrogen-bond acceptors (Lipinski definition) is 5. The third-order valence-electron chi connectivity index (χ3n) is 4.45. The average Bonchev–Trinajstić information content (AvgIpc) is 2.68. The van der Waals surface area contributed by atoms with Gasteiger partial charge < -0.3 is 14.5 Å². The van der Waals surface area contributed by atoms with Gasteiger partial charge in [-0.1, -0.05) is 11.6 Å². The maximum absolute atomic E-state index is 12.7. The van der Waals surface area contributed by atoms with Gasteiger partial charge in [-0.05, 0) is 43.3 Å². The average molecular weight is 390 g/mol. The number of halogens is 1. The van der Waals surface area contributed by atoms with Gasteiger partial charge in [0, 0.05) is 42.8 Å².